The van der Waals surface area contributed by atoms with Crippen molar-refractivity contribution >= 4 is 39.6 Å². The molecule has 0 heterocycles. The third kappa shape index (κ3) is 2.97. The van der Waals surface area contributed by atoms with Crippen molar-refractivity contribution in [3.8, 4) is 0 Å². The van der Waals surface area contributed by atoms with E-state index in [-0.39, 0.29) is 9.76 Å². The van der Waals surface area contributed by atoms with Crippen LogP contribution >= 0.6 is 22.9 Å². The Kier molecular flexibility index (Phi) is 4.13. The second-order valence-corrected chi connectivity index (χ2v) is 4.92. The molecule has 0 aromatic heterocycles. The van der Waals surface area contributed by atoms with Gasteiger partial charge in [-0.15, -0.1) is 4.48 Å². The SMILES string of the molecule is O=C(O)[C@H](Cc1ccc2ccccc2c1)N(F)I. The highest BCUT2D eigenvalue weighted by molar-refractivity contribution is 14.1. The first kappa shape index (κ1) is 13.2. The lowest BCUT2D eigenvalue weighted by molar-refractivity contribution is -0.143. The molecule has 3 nitrogen and oxygen atoms in total. The Balaban J connectivity index is 2.28. The molecule has 0 bridgehead atoms. The van der Waals surface area contributed by atoms with Gasteiger partial charge in [0.1, 0.15) is 0 Å². The molecular weight excluding hydrogens is 348 g/mol. The normalized spacial score (nSPS) is 12.8. The molecular formula is C13H11FINO2. The molecule has 5 heteroatoms. The van der Waals surface area contributed by atoms with E-state index in [0.717, 1.165) is 16.3 Å². The van der Waals surface area contributed by atoms with Gasteiger partial charge in [-0.3, -0.25) is 4.79 Å². The highest BCUT2D eigenvalue weighted by atomic mass is 127. The Morgan fingerprint density at radius 3 is 2.56 bits per heavy atom. The third-order valence-corrected chi connectivity index (χ3v) is 3.44. The van der Waals surface area contributed by atoms with E-state index in [1.807, 2.05) is 42.5 Å². The summed E-state index contributed by atoms with van der Waals surface area (Å²) in [6, 6.07) is 12.3. The summed E-state index contributed by atoms with van der Waals surface area (Å²) in [5, 5.41) is 11.0. The lowest BCUT2D eigenvalue weighted by Crippen LogP contribution is -2.31. The van der Waals surface area contributed by atoms with Gasteiger partial charge < -0.3 is 5.11 Å². The largest absolute Gasteiger partial charge is 0.480 e. The number of hydrogen-bond donors (Lipinski definition) is 1. The zero-order chi connectivity index (χ0) is 13.1. The van der Waals surface area contributed by atoms with Crippen molar-refractivity contribution in [1.29, 1.82) is 0 Å². The van der Waals surface area contributed by atoms with Gasteiger partial charge in [-0.1, -0.05) is 45.8 Å². The molecule has 0 saturated carbocycles. The van der Waals surface area contributed by atoms with Crippen LogP contribution in [-0.4, -0.2) is 20.5 Å². The standard InChI is InChI=1S/C13H11FINO2/c14-16(15)12(13(17)18)8-9-5-6-10-3-1-2-4-11(10)7-9/h1-7,12H,8H2,(H,17,18)/t12-/m0/s1. The Morgan fingerprint density at radius 1 is 1.28 bits per heavy atom. The molecule has 0 aliphatic heterocycles. The van der Waals surface area contributed by atoms with E-state index in [4.69, 9.17) is 5.11 Å². The van der Waals surface area contributed by atoms with Crippen LogP contribution in [0.2, 0.25) is 0 Å². The second-order valence-electron chi connectivity index (χ2n) is 4.00. The van der Waals surface area contributed by atoms with Gasteiger partial charge in [0.25, 0.3) is 0 Å². The lowest BCUT2D eigenvalue weighted by Gasteiger charge is -2.14. The number of carboxylic acid groups (broad SMARTS) is 1. The van der Waals surface area contributed by atoms with Crippen LogP contribution in [-0.2, 0) is 11.2 Å². The first-order valence-electron chi connectivity index (χ1n) is 5.39. The van der Waals surface area contributed by atoms with Crippen LogP contribution in [0.3, 0.4) is 0 Å². The fourth-order valence-corrected chi connectivity index (χ4v) is 2.26. The first-order chi connectivity index (χ1) is 8.58. The number of rotatable bonds is 4. The number of carboxylic acids is 1. The molecule has 1 atom stereocenters. The highest BCUT2D eigenvalue weighted by Gasteiger charge is 2.24. The number of nitrogens with zero attached hydrogens (tertiary/aromatic N) is 1. The molecule has 18 heavy (non-hydrogen) atoms. The molecule has 0 spiro atoms. The van der Waals surface area contributed by atoms with E-state index >= 15 is 0 Å². The quantitative estimate of drug-likeness (QED) is 0.672. The van der Waals surface area contributed by atoms with Gasteiger partial charge in [0.15, 0.2) is 6.04 Å². The van der Waals surface area contributed by atoms with E-state index in [1.54, 1.807) is 0 Å². The Morgan fingerprint density at radius 2 is 1.94 bits per heavy atom. The van der Waals surface area contributed by atoms with Crippen molar-refractivity contribution in [3.05, 3.63) is 48.0 Å². The summed E-state index contributed by atoms with van der Waals surface area (Å²) in [5.41, 5.74) is 0.806. The van der Waals surface area contributed by atoms with Gasteiger partial charge in [0.2, 0.25) is 0 Å². The molecule has 0 unspecified atom stereocenters. The number of aliphatic carboxylic acids is 1. The van der Waals surface area contributed by atoms with Crippen LogP contribution in [0, 0.1) is 0 Å². The van der Waals surface area contributed by atoms with Crippen molar-refractivity contribution in [2.75, 3.05) is 0 Å². The van der Waals surface area contributed by atoms with Crippen LogP contribution in [0.25, 0.3) is 10.8 Å². The minimum Gasteiger partial charge on any atom is -0.480 e. The van der Waals surface area contributed by atoms with E-state index in [1.165, 1.54) is 22.9 Å². The monoisotopic (exact) mass is 359 g/mol. The number of benzene rings is 2. The average molecular weight is 359 g/mol. The molecule has 0 aliphatic rings. The van der Waals surface area contributed by atoms with Gasteiger partial charge >= 0.3 is 5.97 Å². The Bertz CT molecular complexity index is 574. The van der Waals surface area contributed by atoms with Crippen molar-refractivity contribution in [3.63, 3.8) is 0 Å². The molecule has 0 saturated heterocycles. The first-order valence-corrected chi connectivity index (χ1v) is 6.35. The van der Waals surface area contributed by atoms with Gasteiger partial charge in [0.05, 0.1) is 22.9 Å². The Labute approximate surface area is 118 Å². The minimum atomic E-state index is -1.17. The Hall–Kier alpha value is -1.21. The predicted molar refractivity (Wildman–Crippen MR) is 76.0 cm³/mol. The second kappa shape index (κ2) is 5.62. The average Bonchev–Trinajstić information content (AvgIpc) is 2.35. The topological polar surface area (TPSA) is 40.5 Å². The number of halogens is 2. The fraction of sp³-hybridized carbons (Fsp3) is 0.154. The number of fused-ring (bicyclic) bond motifs is 1. The molecule has 2 aromatic rings. The van der Waals surface area contributed by atoms with Crippen LogP contribution in [0.1, 0.15) is 5.56 Å². The maximum atomic E-state index is 13.1. The summed E-state index contributed by atoms with van der Waals surface area (Å²) >= 11 is 1.35. The summed E-state index contributed by atoms with van der Waals surface area (Å²) < 4.78 is 13.3. The smallest absolute Gasteiger partial charge is 0.324 e. The van der Waals surface area contributed by atoms with E-state index in [9.17, 15) is 9.28 Å². The van der Waals surface area contributed by atoms with Crippen LogP contribution in [0.15, 0.2) is 42.5 Å². The number of hydrogen-bond acceptors (Lipinski definition) is 2. The summed E-state index contributed by atoms with van der Waals surface area (Å²) in [5.74, 6) is -1.17. The molecule has 1 N–H and O–H groups in total. The summed E-state index contributed by atoms with van der Waals surface area (Å²) in [7, 11) is 0. The van der Waals surface area contributed by atoms with E-state index in [0.29, 0.717) is 0 Å². The number of carbonyl (C=O) groups is 1. The van der Waals surface area contributed by atoms with Crippen LogP contribution < -0.4 is 0 Å². The lowest BCUT2D eigenvalue weighted by atomic mass is 10.0. The van der Waals surface area contributed by atoms with Crippen molar-refractivity contribution in [2.24, 2.45) is 0 Å². The van der Waals surface area contributed by atoms with Gasteiger partial charge in [-0.2, -0.15) is 0 Å². The van der Waals surface area contributed by atoms with Crippen molar-refractivity contribution in [1.82, 2.24) is 3.34 Å². The molecule has 2 rings (SSSR count). The molecule has 0 amide bonds. The van der Waals surface area contributed by atoms with Crippen LogP contribution in [0.4, 0.5) is 4.48 Å². The zero-order valence-corrected chi connectivity index (χ0v) is 11.5. The maximum Gasteiger partial charge on any atom is 0.324 e. The third-order valence-electron chi connectivity index (χ3n) is 2.76. The van der Waals surface area contributed by atoms with Gasteiger partial charge in [-0.25, -0.2) is 0 Å². The zero-order valence-electron chi connectivity index (χ0n) is 9.38. The fourth-order valence-electron chi connectivity index (χ4n) is 1.83. The van der Waals surface area contributed by atoms with E-state index < -0.39 is 12.0 Å². The summed E-state index contributed by atoms with van der Waals surface area (Å²) in [6.07, 6.45) is 0.138. The van der Waals surface area contributed by atoms with Crippen molar-refractivity contribution in [2.45, 2.75) is 12.5 Å². The molecule has 0 radical (unpaired) electrons. The van der Waals surface area contributed by atoms with E-state index in [2.05, 4.69) is 0 Å². The van der Waals surface area contributed by atoms with Gasteiger partial charge in [-0.05, 0) is 16.3 Å². The maximum absolute atomic E-state index is 13.1. The van der Waals surface area contributed by atoms with Gasteiger partial charge in [0, 0.05) is 6.42 Å². The summed E-state index contributed by atoms with van der Waals surface area (Å²) in [6.45, 7) is 0. The highest BCUT2D eigenvalue weighted by Crippen LogP contribution is 2.19. The minimum absolute atomic E-state index is 0.138. The van der Waals surface area contributed by atoms with Crippen LogP contribution in [0.5, 0.6) is 0 Å². The molecule has 94 valence electrons. The molecule has 0 aliphatic carbocycles. The molecule has 0 fully saturated rings. The van der Waals surface area contributed by atoms with Crippen molar-refractivity contribution < 1.29 is 14.4 Å². The summed E-state index contributed by atoms with van der Waals surface area (Å²) in [4.78, 5) is 10.9. The predicted octanol–water partition coefficient (Wildman–Crippen LogP) is 3.37. The molecule has 2 aromatic carbocycles.